The van der Waals surface area contributed by atoms with Gasteiger partial charge in [-0.25, -0.2) is 9.13 Å². The molecule has 17 nitrogen and oxygen atoms in total. The van der Waals surface area contributed by atoms with Gasteiger partial charge in [0.25, 0.3) is 0 Å². The zero-order valence-electron chi connectivity index (χ0n) is 63.9. The van der Waals surface area contributed by atoms with Crippen molar-refractivity contribution in [2.75, 3.05) is 39.6 Å². The van der Waals surface area contributed by atoms with Crippen molar-refractivity contribution in [3.05, 3.63) is 0 Å². The predicted molar refractivity (Wildman–Crippen MR) is 400 cm³/mol. The smallest absolute Gasteiger partial charge is 0.462 e. The maximum absolute atomic E-state index is 13.1. The molecule has 0 saturated heterocycles. The van der Waals surface area contributed by atoms with Gasteiger partial charge in [0, 0.05) is 25.7 Å². The summed E-state index contributed by atoms with van der Waals surface area (Å²) in [6.07, 6.45) is 62.7. The van der Waals surface area contributed by atoms with Gasteiger partial charge in [0.05, 0.1) is 26.4 Å². The molecule has 0 aromatic rings. The Bertz CT molecular complexity index is 1870. The van der Waals surface area contributed by atoms with E-state index in [1.54, 1.807) is 0 Å². The lowest BCUT2D eigenvalue weighted by Crippen LogP contribution is -2.30. The molecular weight excluding hydrogens is 1280 g/mol. The summed E-state index contributed by atoms with van der Waals surface area (Å²) in [5, 5.41) is 10.6. The highest BCUT2D eigenvalue weighted by molar-refractivity contribution is 7.47. The van der Waals surface area contributed by atoms with E-state index in [0.717, 1.165) is 102 Å². The highest BCUT2D eigenvalue weighted by atomic mass is 31.2. The third-order valence-corrected chi connectivity index (χ3v) is 20.4. The quantitative estimate of drug-likeness (QED) is 0.0222. The van der Waals surface area contributed by atoms with Gasteiger partial charge in [0.15, 0.2) is 12.2 Å². The van der Waals surface area contributed by atoms with Crippen LogP contribution in [0.4, 0.5) is 0 Å². The van der Waals surface area contributed by atoms with Crippen LogP contribution in [0.15, 0.2) is 0 Å². The van der Waals surface area contributed by atoms with E-state index in [0.29, 0.717) is 25.7 Å². The van der Waals surface area contributed by atoms with Crippen molar-refractivity contribution >= 4 is 39.5 Å². The van der Waals surface area contributed by atoms with Crippen LogP contribution in [-0.2, 0) is 65.4 Å². The first-order valence-electron chi connectivity index (χ1n) is 41.1. The molecule has 0 heterocycles. The van der Waals surface area contributed by atoms with E-state index in [2.05, 4.69) is 34.6 Å². The summed E-state index contributed by atoms with van der Waals surface area (Å²) < 4.78 is 68.5. The van der Waals surface area contributed by atoms with E-state index in [4.69, 9.17) is 37.0 Å². The first-order valence-corrected chi connectivity index (χ1v) is 44.1. The van der Waals surface area contributed by atoms with Gasteiger partial charge in [-0.05, 0) is 31.6 Å². The van der Waals surface area contributed by atoms with Crippen molar-refractivity contribution in [1.29, 1.82) is 0 Å². The fraction of sp³-hybridized carbons (Fsp3) is 0.949. The second-order valence-corrected chi connectivity index (χ2v) is 31.8. The van der Waals surface area contributed by atoms with Crippen LogP contribution in [0.5, 0.6) is 0 Å². The summed E-state index contributed by atoms with van der Waals surface area (Å²) in [6.45, 7) is 7.26. The van der Waals surface area contributed by atoms with E-state index in [-0.39, 0.29) is 25.7 Å². The fourth-order valence-corrected chi connectivity index (χ4v) is 13.8. The Balaban J connectivity index is 5.19. The van der Waals surface area contributed by atoms with Crippen LogP contribution in [0.25, 0.3) is 0 Å². The van der Waals surface area contributed by atoms with Crippen LogP contribution in [0.3, 0.4) is 0 Å². The average Bonchev–Trinajstić information content (AvgIpc) is 1.03. The second kappa shape index (κ2) is 72.0. The van der Waals surface area contributed by atoms with Gasteiger partial charge in [0.2, 0.25) is 0 Å². The fourth-order valence-electron chi connectivity index (χ4n) is 12.2. The number of aliphatic hydroxyl groups excluding tert-OH is 1. The number of esters is 4. The first-order chi connectivity index (χ1) is 47.5. The monoisotopic (exact) mass is 1440 g/mol. The summed E-state index contributed by atoms with van der Waals surface area (Å²) in [7, 11) is -9.91. The number of carbonyl (C=O) groups excluding carboxylic acids is 4. The second-order valence-electron chi connectivity index (χ2n) is 28.9. The lowest BCUT2D eigenvalue weighted by Gasteiger charge is -2.21. The highest BCUT2D eigenvalue weighted by Crippen LogP contribution is 2.45. The topological polar surface area (TPSA) is 237 Å². The lowest BCUT2D eigenvalue weighted by molar-refractivity contribution is -0.161. The van der Waals surface area contributed by atoms with Gasteiger partial charge >= 0.3 is 39.5 Å². The normalized spacial score (nSPS) is 13.9. The largest absolute Gasteiger partial charge is 0.472 e. The van der Waals surface area contributed by atoms with Gasteiger partial charge < -0.3 is 33.8 Å². The molecular formula is C79H154O17P2. The molecule has 0 aromatic carbocycles. The number of carbonyl (C=O) groups is 4. The summed E-state index contributed by atoms with van der Waals surface area (Å²) in [5.41, 5.74) is 0. The van der Waals surface area contributed by atoms with Crippen molar-refractivity contribution in [3.63, 3.8) is 0 Å². The highest BCUT2D eigenvalue weighted by Gasteiger charge is 2.30. The molecule has 0 aliphatic heterocycles. The molecule has 0 bridgehead atoms. The van der Waals surface area contributed by atoms with Crippen molar-refractivity contribution in [2.45, 2.75) is 438 Å². The lowest BCUT2D eigenvalue weighted by atomic mass is 10.0. The van der Waals surface area contributed by atoms with E-state index in [1.807, 2.05) is 0 Å². The molecule has 19 heteroatoms. The van der Waals surface area contributed by atoms with Crippen LogP contribution in [0.1, 0.15) is 420 Å². The molecule has 0 aliphatic carbocycles. The van der Waals surface area contributed by atoms with Crippen LogP contribution in [0, 0.1) is 5.92 Å². The minimum absolute atomic E-state index is 0.106. The molecule has 5 atom stereocenters. The molecule has 2 unspecified atom stereocenters. The van der Waals surface area contributed by atoms with Crippen LogP contribution < -0.4 is 0 Å². The van der Waals surface area contributed by atoms with Gasteiger partial charge in [-0.2, -0.15) is 0 Å². The molecule has 0 rings (SSSR count). The number of hydrogen-bond donors (Lipinski definition) is 3. The van der Waals surface area contributed by atoms with Crippen LogP contribution >= 0.6 is 15.6 Å². The minimum Gasteiger partial charge on any atom is -0.462 e. The Labute approximate surface area is 600 Å². The SMILES string of the molecule is CCCCCCCCCCCCCCCCCCCCCCC(=O)O[C@H](COC(=O)CCCCCCCCCCCCCCCCCCCC)COP(=O)(O)OC[C@@H](O)COP(=O)(O)OC[C@@H](COC(=O)CCCCCCCCCC)OC(=O)CCCCCCCCCCCC(C)C. The van der Waals surface area contributed by atoms with Crippen LogP contribution in [-0.4, -0.2) is 96.7 Å². The third-order valence-electron chi connectivity index (χ3n) is 18.5. The molecule has 582 valence electrons. The number of phosphoric acid groups is 2. The summed E-state index contributed by atoms with van der Waals surface area (Å²) >= 11 is 0. The van der Waals surface area contributed by atoms with Crippen LogP contribution in [0.2, 0.25) is 0 Å². The standard InChI is InChI=1S/C79H154O17P2/c1-6-9-12-15-18-21-23-25-27-29-31-32-34-36-38-40-44-49-54-59-64-78(83)95-75(69-90-77(82)63-58-53-48-43-39-37-35-33-30-28-26-24-22-19-16-13-10-7-2)71-94-98(87,88)92-67-73(80)66-91-97(85,86)93-70-74(68-89-76(81)62-57-52-47-20-17-14-11-8-3)96-79(84)65-60-55-50-45-41-42-46-51-56-61-72(4)5/h72-75,80H,6-71H2,1-5H3,(H,85,86)(H,87,88)/t73-,74+,75+/m0/s1. The van der Waals surface area contributed by atoms with Gasteiger partial charge in [0.1, 0.15) is 19.3 Å². The maximum atomic E-state index is 13.1. The third kappa shape index (κ3) is 72.4. The maximum Gasteiger partial charge on any atom is 0.472 e. The van der Waals surface area contributed by atoms with Gasteiger partial charge in [-0.3, -0.25) is 37.3 Å². The molecule has 0 radical (unpaired) electrons. The number of phosphoric ester groups is 2. The molecule has 0 amide bonds. The van der Waals surface area contributed by atoms with Crippen molar-refractivity contribution in [1.82, 2.24) is 0 Å². The Morgan fingerprint density at radius 1 is 0.276 bits per heavy atom. The number of rotatable bonds is 79. The molecule has 98 heavy (non-hydrogen) atoms. The molecule has 0 aliphatic rings. The number of aliphatic hydroxyl groups is 1. The summed E-state index contributed by atoms with van der Waals surface area (Å²) in [4.78, 5) is 72.8. The minimum atomic E-state index is -4.96. The molecule has 0 fully saturated rings. The Hall–Kier alpha value is -1.94. The van der Waals surface area contributed by atoms with Crippen molar-refractivity contribution in [2.24, 2.45) is 5.92 Å². The number of ether oxygens (including phenoxy) is 4. The summed E-state index contributed by atoms with van der Waals surface area (Å²) in [5.74, 6) is -1.38. The molecule has 3 N–H and O–H groups in total. The number of unbranched alkanes of at least 4 members (excludes halogenated alkanes) is 51. The summed E-state index contributed by atoms with van der Waals surface area (Å²) in [6, 6.07) is 0. The zero-order valence-corrected chi connectivity index (χ0v) is 65.7. The van der Waals surface area contributed by atoms with Gasteiger partial charge in [-0.15, -0.1) is 0 Å². The molecule has 0 aromatic heterocycles. The van der Waals surface area contributed by atoms with Crippen molar-refractivity contribution in [3.8, 4) is 0 Å². The van der Waals surface area contributed by atoms with Crippen molar-refractivity contribution < 1.29 is 80.2 Å². The Morgan fingerprint density at radius 2 is 0.469 bits per heavy atom. The van der Waals surface area contributed by atoms with E-state index in [9.17, 15) is 43.2 Å². The van der Waals surface area contributed by atoms with Gasteiger partial charge in [-0.1, -0.05) is 369 Å². The molecule has 0 saturated carbocycles. The Kier molecular flexibility index (Phi) is 70.6. The average molecular weight is 1440 g/mol. The zero-order chi connectivity index (χ0) is 71.9. The van der Waals surface area contributed by atoms with E-state index < -0.39 is 97.5 Å². The van der Waals surface area contributed by atoms with E-state index in [1.165, 1.54) is 238 Å². The number of hydrogen-bond acceptors (Lipinski definition) is 15. The van der Waals surface area contributed by atoms with E-state index >= 15 is 0 Å². The molecule has 0 spiro atoms. The first kappa shape index (κ1) is 96.1. The Morgan fingerprint density at radius 3 is 0.694 bits per heavy atom. The predicted octanol–water partition coefficient (Wildman–Crippen LogP) is 23.6.